The van der Waals surface area contributed by atoms with Gasteiger partial charge in [0.1, 0.15) is 24.0 Å². The van der Waals surface area contributed by atoms with E-state index in [9.17, 15) is 34.2 Å². The van der Waals surface area contributed by atoms with Gasteiger partial charge >= 0.3 is 17.6 Å². The Kier molecular flexibility index (Phi) is 7.06. The number of aliphatic hydroxyl groups excluding tert-OH is 2. The van der Waals surface area contributed by atoms with Gasteiger partial charge < -0.3 is 41.5 Å². The second-order valence-corrected chi connectivity index (χ2v) is 7.74. The Balaban J connectivity index is 1.57. The number of aromatic nitrogens is 2. The van der Waals surface area contributed by atoms with Crippen molar-refractivity contribution in [2.45, 2.75) is 49.3 Å². The van der Waals surface area contributed by atoms with E-state index in [0.717, 1.165) is 0 Å². The summed E-state index contributed by atoms with van der Waals surface area (Å²) in [4.78, 5) is 62.0. The van der Waals surface area contributed by atoms with Gasteiger partial charge in [0.05, 0.1) is 37.7 Å². The highest BCUT2D eigenvalue weighted by atomic mass is 16.5. The molecule has 15 heteroatoms. The highest BCUT2D eigenvalue weighted by Gasteiger charge is 2.64. The number of carbonyl (C=O) groups excluding carboxylic acids is 2. The van der Waals surface area contributed by atoms with Gasteiger partial charge in [0, 0.05) is 12.1 Å². The van der Waals surface area contributed by atoms with E-state index < -0.39 is 78.7 Å². The van der Waals surface area contributed by atoms with Gasteiger partial charge in [-0.15, -0.1) is 0 Å². The number of nitrogens with two attached hydrogens (primary N) is 1. The Morgan fingerprint density at radius 2 is 1.88 bits per heavy atom. The van der Waals surface area contributed by atoms with Gasteiger partial charge in [0.15, 0.2) is 0 Å². The maximum absolute atomic E-state index is 12.3. The van der Waals surface area contributed by atoms with Crippen molar-refractivity contribution in [3.05, 3.63) is 22.7 Å². The standard InChI is InChI=1S/C18H23N5O10/c19-6(16(28)29)3-10(25)20-7(17(30)31)4-11(26)21-9-1-2-23(18(32)22-9)13-12-14(27)8(5-24)33-15(12)13/h1-2,6-8,12-15,24,27H,3-5,19H2,(H,20,25)(H,28,29)(H,30,31)(H,21,22,26,32). The highest BCUT2D eigenvalue weighted by Crippen LogP contribution is 2.54. The number of amides is 2. The van der Waals surface area contributed by atoms with E-state index >= 15 is 0 Å². The van der Waals surface area contributed by atoms with Crippen molar-refractivity contribution in [3.63, 3.8) is 0 Å². The van der Waals surface area contributed by atoms with Gasteiger partial charge in [0.25, 0.3) is 0 Å². The van der Waals surface area contributed by atoms with Crippen molar-refractivity contribution in [2.75, 3.05) is 11.9 Å². The molecule has 7 atom stereocenters. The number of carboxylic acids is 2. The number of hydrogen-bond donors (Lipinski definition) is 7. The number of nitrogens with zero attached hydrogens (tertiary/aromatic N) is 2. The molecular weight excluding hydrogens is 446 g/mol. The van der Waals surface area contributed by atoms with Crippen molar-refractivity contribution in [1.82, 2.24) is 14.9 Å². The van der Waals surface area contributed by atoms with Crippen LogP contribution in [0.15, 0.2) is 17.1 Å². The Morgan fingerprint density at radius 1 is 1.18 bits per heavy atom. The summed E-state index contributed by atoms with van der Waals surface area (Å²) in [6.45, 7) is -0.344. The third-order valence-corrected chi connectivity index (χ3v) is 5.42. The maximum atomic E-state index is 12.3. The third kappa shape index (κ3) is 5.33. The van der Waals surface area contributed by atoms with Crippen LogP contribution in [-0.2, 0) is 23.9 Å². The molecule has 1 saturated carbocycles. The first-order chi connectivity index (χ1) is 15.5. The predicted octanol–water partition coefficient (Wildman–Crippen LogP) is -3.77. The van der Waals surface area contributed by atoms with E-state index in [-0.39, 0.29) is 18.3 Å². The van der Waals surface area contributed by atoms with E-state index in [2.05, 4.69) is 10.3 Å². The molecule has 2 amide bonds. The van der Waals surface area contributed by atoms with Crippen LogP contribution in [0.2, 0.25) is 0 Å². The van der Waals surface area contributed by atoms with Gasteiger partial charge in [-0.1, -0.05) is 0 Å². The Bertz CT molecular complexity index is 1010. The largest absolute Gasteiger partial charge is 0.480 e. The van der Waals surface area contributed by atoms with Crippen LogP contribution in [-0.4, -0.2) is 90.7 Å². The van der Waals surface area contributed by atoms with E-state index in [1.165, 1.54) is 16.8 Å². The predicted molar refractivity (Wildman–Crippen MR) is 106 cm³/mol. The second kappa shape index (κ2) is 9.62. The van der Waals surface area contributed by atoms with Crippen LogP contribution in [0.3, 0.4) is 0 Å². The lowest BCUT2D eigenvalue weighted by Gasteiger charge is -2.18. The van der Waals surface area contributed by atoms with Gasteiger partial charge in [-0.25, -0.2) is 9.59 Å². The molecule has 33 heavy (non-hydrogen) atoms. The molecule has 1 aliphatic heterocycles. The normalized spacial score (nSPS) is 27.2. The average Bonchev–Trinajstić information content (AvgIpc) is 3.33. The monoisotopic (exact) mass is 469 g/mol. The lowest BCUT2D eigenvalue weighted by molar-refractivity contribution is -0.144. The van der Waals surface area contributed by atoms with E-state index in [1.54, 1.807) is 0 Å². The number of ether oxygens (including phenoxy) is 1. The summed E-state index contributed by atoms with van der Waals surface area (Å²) in [6.07, 6.45) is -2.14. The lowest BCUT2D eigenvalue weighted by Crippen LogP contribution is -2.46. The van der Waals surface area contributed by atoms with Gasteiger partial charge in [-0.05, 0) is 6.07 Å². The molecule has 1 aromatic rings. The molecule has 2 fully saturated rings. The number of fused-ring (bicyclic) bond motifs is 1. The van der Waals surface area contributed by atoms with E-state index in [4.69, 9.17) is 20.7 Å². The van der Waals surface area contributed by atoms with Crippen LogP contribution >= 0.6 is 0 Å². The second-order valence-electron chi connectivity index (χ2n) is 7.74. The van der Waals surface area contributed by atoms with Crippen molar-refractivity contribution in [2.24, 2.45) is 11.7 Å². The third-order valence-electron chi connectivity index (χ3n) is 5.42. The molecule has 180 valence electrons. The number of carboxylic acid groups (broad SMARTS) is 2. The van der Waals surface area contributed by atoms with Crippen molar-refractivity contribution in [1.29, 1.82) is 0 Å². The Labute approximate surface area is 185 Å². The van der Waals surface area contributed by atoms with Crippen molar-refractivity contribution < 1.29 is 44.3 Å². The average molecular weight is 469 g/mol. The summed E-state index contributed by atoms with van der Waals surface area (Å²) in [5.41, 5.74) is 4.47. The summed E-state index contributed by atoms with van der Waals surface area (Å²) in [5, 5.41) is 41.4. The summed E-state index contributed by atoms with van der Waals surface area (Å²) >= 11 is 0. The maximum Gasteiger partial charge on any atom is 0.349 e. The summed E-state index contributed by atoms with van der Waals surface area (Å²) in [7, 11) is 0. The fourth-order valence-corrected chi connectivity index (χ4v) is 3.71. The molecule has 0 spiro atoms. The van der Waals surface area contributed by atoms with Crippen LogP contribution in [0.5, 0.6) is 0 Å². The molecule has 1 aliphatic carbocycles. The smallest absolute Gasteiger partial charge is 0.349 e. The number of aliphatic carboxylic acids is 2. The minimum atomic E-state index is -1.66. The Hall–Kier alpha value is -3.40. The Morgan fingerprint density at radius 3 is 2.39 bits per heavy atom. The number of anilines is 1. The molecular formula is C18H23N5O10. The van der Waals surface area contributed by atoms with Crippen LogP contribution in [0.25, 0.3) is 0 Å². The van der Waals surface area contributed by atoms with Crippen molar-refractivity contribution >= 4 is 29.6 Å². The van der Waals surface area contributed by atoms with Crippen LogP contribution < -0.4 is 22.1 Å². The molecule has 0 bridgehead atoms. The first kappa shape index (κ1) is 24.2. The number of rotatable bonds is 10. The number of nitrogens with one attached hydrogen (secondary N) is 2. The molecule has 2 heterocycles. The molecule has 7 unspecified atom stereocenters. The molecule has 8 N–H and O–H groups in total. The van der Waals surface area contributed by atoms with Crippen molar-refractivity contribution in [3.8, 4) is 0 Å². The highest BCUT2D eigenvalue weighted by molar-refractivity contribution is 5.95. The summed E-state index contributed by atoms with van der Waals surface area (Å²) < 4.78 is 6.69. The molecule has 1 aromatic heterocycles. The fourth-order valence-electron chi connectivity index (χ4n) is 3.71. The summed E-state index contributed by atoms with van der Waals surface area (Å²) in [6, 6.07) is -2.36. The van der Waals surface area contributed by atoms with Crippen LogP contribution in [0, 0.1) is 5.92 Å². The van der Waals surface area contributed by atoms with E-state index in [1.807, 2.05) is 5.32 Å². The van der Waals surface area contributed by atoms with Gasteiger partial charge in [-0.2, -0.15) is 4.98 Å². The molecule has 3 rings (SSSR count). The molecule has 2 aliphatic rings. The van der Waals surface area contributed by atoms with Gasteiger partial charge in [-0.3, -0.25) is 19.0 Å². The fraction of sp³-hybridized carbons (Fsp3) is 0.556. The first-order valence-corrected chi connectivity index (χ1v) is 9.87. The zero-order valence-electron chi connectivity index (χ0n) is 17.0. The molecule has 15 nitrogen and oxygen atoms in total. The number of aliphatic hydroxyl groups is 2. The first-order valence-electron chi connectivity index (χ1n) is 9.87. The quantitative estimate of drug-likeness (QED) is 0.175. The minimum Gasteiger partial charge on any atom is -0.480 e. The van der Waals surface area contributed by atoms with Crippen LogP contribution in [0.4, 0.5) is 5.82 Å². The van der Waals surface area contributed by atoms with E-state index in [0.29, 0.717) is 0 Å². The SMILES string of the molecule is NC(CC(=O)NC(CC(=O)Nc1ccn(C2C3OC(CO)C(O)C32)c(=O)n1)C(=O)O)C(=O)O. The molecule has 1 saturated heterocycles. The topological polar surface area (TPSA) is 243 Å². The zero-order valence-corrected chi connectivity index (χ0v) is 17.0. The number of carbonyl (C=O) groups is 4. The van der Waals surface area contributed by atoms with Crippen LogP contribution in [0.1, 0.15) is 18.9 Å². The molecule has 0 aromatic carbocycles. The zero-order chi connectivity index (χ0) is 24.4. The summed E-state index contributed by atoms with van der Waals surface area (Å²) in [5.74, 6) is -5.34. The number of hydrogen-bond acceptors (Lipinski definition) is 10. The molecule has 0 radical (unpaired) electrons. The van der Waals surface area contributed by atoms with Gasteiger partial charge in [0.2, 0.25) is 11.8 Å². The minimum absolute atomic E-state index is 0.162. The lowest BCUT2D eigenvalue weighted by atomic mass is 10.1.